The molecule has 0 aromatic heterocycles. The molecule has 2 aliphatic heterocycles. The van der Waals surface area contributed by atoms with E-state index in [1.165, 1.54) is 12.1 Å². The molecule has 238 valence electrons. The van der Waals surface area contributed by atoms with Crippen LogP contribution in [0.1, 0.15) is 60.1 Å². The summed E-state index contributed by atoms with van der Waals surface area (Å²) in [5, 5.41) is 26.0. The van der Waals surface area contributed by atoms with Crippen molar-refractivity contribution in [3.8, 4) is 6.07 Å². The van der Waals surface area contributed by atoms with Gasteiger partial charge in [-0.05, 0) is 45.7 Å². The average Bonchev–Trinajstić information content (AvgIpc) is 3.59. The molecule has 5 aromatic rings. The van der Waals surface area contributed by atoms with Crippen molar-refractivity contribution in [1.29, 1.82) is 5.26 Å². The highest BCUT2D eigenvalue weighted by Crippen LogP contribution is 2.51. The summed E-state index contributed by atoms with van der Waals surface area (Å²) < 4.78 is 0. The van der Waals surface area contributed by atoms with Crippen molar-refractivity contribution in [3.63, 3.8) is 0 Å². The number of likely N-dealkylation sites (tertiary alicyclic amines) is 1. The third kappa shape index (κ3) is 4.53. The monoisotopic (exact) mass is 645 g/mol. The Balaban J connectivity index is 1.20. The van der Waals surface area contributed by atoms with Gasteiger partial charge in [0.2, 0.25) is 11.8 Å². The van der Waals surface area contributed by atoms with Crippen molar-refractivity contribution in [2.24, 2.45) is 11.8 Å². The fourth-order valence-electron chi connectivity index (χ4n) is 7.89. The van der Waals surface area contributed by atoms with Gasteiger partial charge in [-0.2, -0.15) is 5.26 Å². The number of nitrogens with zero attached hydrogens (tertiary/aromatic N) is 2. The van der Waals surface area contributed by atoms with Gasteiger partial charge in [-0.15, -0.1) is 0 Å². The lowest BCUT2D eigenvalue weighted by atomic mass is 9.76. The normalized spacial score (nSPS) is 22.5. The number of hydrogen-bond donors (Lipinski definition) is 2. The van der Waals surface area contributed by atoms with Crippen molar-refractivity contribution >= 4 is 40.1 Å². The summed E-state index contributed by atoms with van der Waals surface area (Å²) >= 11 is 0. The standard InChI is InChI=1S/C40H27N3O6/c41-20-26-9-3-4-10-27(26)34-32-33(40(42-34,39(48)49)19-22-13-15-24-7-1-2-8-25(24)17-22)38(47)43(37(32)46)21-23-14-16-30-31(18-23)36(45)29-12-6-5-11-28(29)35(30)44/h1-18,32-34,42H,19,21H2,(H,48,49). The van der Waals surface area contributed by atoms with E-state index in [0.717, 1.165) is 15.7 Å². The highest BCUT2D eigenvalue weighted by atomic mass is 16.4. The fourth-order valence-corrected chi connectivity index (χ4v) is 7.89. The predicted molar refractivity (Wildman–Crippen MR) is 177 cm³/mol. The highest BCUT2D eigenvalue weighted by Gasteiger charge is 2.68. The molecule has 0 spiro atoms. The lowest BCUT2D eigenvalue weighted by molar-refractivity contribution is -0.151. The fraction of sp³-hybridized carbons (Fsp3) is 0.150. The number of carbonyl (C=O) groups excluding carboxylic acids is 4. The number of nitrogens with one attached hydrogen (secondary N) is 1. The molecule has 49 heavy (non-hydrogen) atoms. The molecule has 4 unspecified atom stereocenters. The van der Waals surface area contributed by atoms with Crippen LogP contribution in [0.2, 0.25) is 0 Å². The molecule has 9 nitrogen and oxygen atoms in total. The maximum absolute atomic E-state index is 14.4. The Morgan fingerprint density at radius 2 is 1.37 bits per heavy atom. The molecule has 9 heteroatoms. The number of aliphatic carboxylic acids is 1. The van der Waals surface area contributed by atoms with Gasteiger partial charge in [-0.3, -0.25) is 34.2 Å². The molecule has 2 fully saturated rings. The average molecular weight is 646 g/mol. The number of fused-ring (bicyclic) bond motifs is 4. The van der Waals surface area contributed by atoms with Crippen LogP contribution in [0.25, 0.3) is 10.8 Å². The van der Waals surface area contributed by atoms with Crippen molar-refractivity contribution in [2.75, 3.05) is 0 Å². The molecular formula is C40H27N3O6. The van der Waals surface area contributed by atoms with Gasteiger partial charge < -0.3 is 5.11 Å². The zero-order valence-electron chi connectivity index (χ0n) is 25.9. The van der Waals surface area contributed by atoms with Gasteiger partial charge in [0.1, 0.15) is 5.54 Å². The zero-order chi connectivity index (χ0) is 34.0. The molecule has 0 radical (unpaired) electrons. The Kier molecular flexibility index (Phi) is 6.87. The quantitative estimate of drug-likeness (QED) is 0.241. The van der Waals surface area contributed by atoms with Crippen LogP contribution in [0.4, 0.5) is 0 Å². The minimum atomic E-state index is -1.89. The molecule has 5 aromatic carbocycles. The molecule has 3 aliphatic rings. The van der Waals surface area contributed by atoms with E-state index in [-0.39, 0.29) is 46.8 Å². The van der Waals surface area contributed by atoms with Crippen LogP contribution in [0, 0.1) is 23.2 Å². The van der Waals surface area contributed by atoms with E-state index in [2.05, 4.69) is 11.4 Å². The van der Waals surface area contributed by atoms with E-state index < -0.39 is 41.2 Å². The number of nitriles is 1. The Hall–Kier alpha value is -6.24. The lowest BCUT2D eigenvalue weighted by Crippen LogP contribution is -2.57. The van der Waals surface area contributed by atoms with Crippen LogP contribution in [0.5, 0.6) is 0 Å². The molecule has 2 N–H and O–H groups in total. The molecule has 1 aliphatic carbocycles. The van der Waals surface area contributed by atoms with E-state index in [1.54, 1.807) is 54.6 Å². The summed E-state index contributed by atoms with van der Waals surface area (Å²) in [6, 6.07) is 32.4. The number of imide groups is 1. The first kappa shape index (κ1) is 30.1. The van der Waals surface area contributed by atoms with Gasteiger partial charge in [0, 0.05) is 34.7 Å². The van der Waals surface area contributed by atoms with Gasteiger partial charge >= 0.3 is 5.97 Å². The third-order valence-corrected chi connectivity index (χ3v) is 10.2. The number of ketones is 2. The lowest BCUT2D eigenvalue weighted by Gasteiger charge is -2.31. The Morgan fingerprint density at radius 1 is 0.735 bits per heavy atom. The van der Waals surface area contributed by atoms with Gasteiger partial charge in [-0.1, -0.05) is 91.0 Å². The highest BCUT2D eigenvalue weighted by molar-refractivity contribution is 6.28. The second-order valence-corrected chi connectivity index (χ2v) is 12.8. The summed E-state index contributed by atoms with van der Waals surface area (Å²) in [5.41, 5.74) is 0.938. The van der Waals surface area contributed by atoms with Gasteiger partial charge in [0.15, 0.2) is 11.6 Å². The number of carbonyl (C=O) groups is 5. The van der Waals surface area contributed by atoms with Crippen LogP contribution in [-0.4, -0.2) is 44.9 Å². The molecule has 2 amide bonds. The minimum Gasteiger partial charge on any atom is -0.480 e. The second kappa shape index (κ2) is 11.2. The first-order valence-corrected chi connectivity index (χ1v) is 15.9. The summed E-state index contributed by atoms with van der Waals surface area (Å²) in [4.78, 5) is 69.9. The van der Waals surface area contributed by atoms with Crippen LogP contribution in [-0.2, 0) is 27.3 Å². The zero-order valence-corrected chi connectivity index (χ0v) is 25.9. The molecule has 0 saturated carbocycles. The number of benzene rings is 5. The first-order valence-electron chi connectivity index (χ1n) is 15.9. The van der Waals surface area contributed by atoms with Crippen molar-refractivity contribution < 1.29 is 29.1 Å². The Morgan fingerprint density at radius 3 is 2.10 bits per heavy atom. The maximum atomic E-state index is 14.4. The largest absolute Gasteiger partial charge is 0.480 e. The topological polar surface area (TPSA) is 145 Å². The van der Waals surface area contributed by atoms with Crippen LogP contribution in [0.3, 0.4) is 0 Å². The predicted octanol–water partition coefficient (Wildman–Crippen LogP) is 5.00. The smallest absolute Gasteiger partial charge is 0.325 e. The van der Waals surface area contributed by atoms with Crippen molar-refractivity contribution in [3.05, 3.63) is 154 Å². The van der Waals surface area contributed by atoms with E-state index in [9.17, 15) is 34.3 Å². The van der Waals surface area contributed by atoms with Crippen LogP contribution < -0.4 is 5.32 Å². The molecule has 8 rings (SSSR count). The summed E-state index contributed by atoms with van der Waals surface area (Å²) in [5.74, 6) is -5.56. The third-order valence-electron chi connectivity index (χ3n) is 10.2. The van der Waals surface area contributed by atoms with E-state index in [4.69, 9.17) is 0 Å². The molecule has 0 bridgehead atoms. The van der Waals surface area contributed by atoms with Crippen LogP contribution in [0.15, 0.2) is 109 Å². The number of rotatable bonds is 6. The minimum absolute atomic E-state index is 0.0960. The Labute approximate surface area is 280 Å². The molecule has 2 saturated heterocycles. The summed E-state index contributed by atoms with van der Waals surface area (Å²) in [6.07, 6.45) is -0.0960. The van der Waals surface area contributed by atoms with Gasteiger partial charge in [0.05, 0.1) is 30.0 Å². The summed E-state index contributed by atoms with van der Waals surface area (Å²) in [7, 11) is 0. The molecule has 2 heterocycles. The number of carboxylic acid groups (broad SMARTS) is 1. The Bertz CT molecular complexity index is 2340. The van der Waals surface area contributed by atoms with Gasteiger partial charge in [0.25, 0.3) is 0 Å². The SMILES string of the molecule is N#Cc1ccccc1C1NC(Cc2ccc3ccccc3c2)(C(=O)O)C2C(=O)N(Cc3ccc4c(c3)C(=O)c3ccccc3C4=O)C(=O)C12. The maximum Gasteiger partial charge on any atom is 0.325 e. The molecular weight excluding hydrogens is 618 g/mol. The first-order chi connectivity index (χ1) is 23.7. The summed E-state index contributed by atoms with van der Waals surface area (Å²) in [6.45, 7) is -0.223. The number of hydrogen-bond acceptors (Lipinski definition) is 7. The second-order valence-electron chi connectivity index (χ2n) is 12.8. The molecule has 4 atom stereocenters. The van der Waals surface area contributed by atoms with Crippen LogP contribution >= 0.6 is 0 Å². The van der Waals surface area contributed by atoms with E-state index in [0.29, 0.717) is 22.3 Å². The van der Waals surface area contributed by atoms with Crippen molar-refractivity contribution in [2.45, 2.75) is 24.5 Å². The van der Waals surface area contributed by atoms with Gasteiger partial charge in [-0.25, -0.2) is 0 Å². The number of amides is 2. The van der Waals surface area contributed by atoms with E-state index >= 15 is 0 Å². The van der Waals surface area contributed by atoms with Crippen molar-refractivity contribution in [1.82, 2.24) is 10.2 Å². The number of carboxylic acids is 1. The van der Waals surface area contributed by atoms with E-state index in [1.807, 2.05) is 42.5 Å².